The van der Waals surface area contributed by atoms with E-state index in [0.29, 0.717) is 0 Å². The van der Waals surface area contributed by atoms with Crippen LogP contribution in [0.1, 0.15) is 119 Å². The maximum atomic E-state index is 6.69. The summed E-state index contributed by atoms with van der Waals surface area (Å²) in [4.78, 5) is 0. The van der Waals surface area contributed by atoms with E-state index in [1.54, 1.807) is 25.7 Å². The van der Waals surface area contributed by atoms with Gasteiger partial charge >= 0.3 is 0 Å². The van der Waals surface area contributed by atoms with Crippen LogP contribution < -0.4 is 0 Å². The Kier molecular flexibility index (Phi) is 8.61. The molecule has 0 aliphatic heterocycles. The Labute approximate surface area is 190 Å². The monoisotopic (exact) mass is 434 g/mol. The lowest BCUT2D eigenvalue weighted by atomic mass is 9.81. The predicted octanol–water partition coefficient (Wildman–Crippen LogP) is 9.02. The summed E-state index contributed by atoms with van der Waals surface area (Å²) < 4.78 is 6.69. The molecule has 4 fully saturated rings. The van der Waals surface area contributed by atoms with Crippen LogP contribution >= 0.6 is 0 Å². The van der Waals surface area contributed by atoms with Crippen molar-refractivity contribution in [2.24, 2.45) is 29.6 Å². The molecule has 2 heteroatoms. The molecule has 4 aliphatic rings. The van der Waals surface area contributed by atoms with Gasteiger partial charge in [-0.25, -0.2) is 0 Å². The average Bonchev–Trinajstić information content (AvgIpc) is 3.27. The molecule has 0 spiro atoms. The molecule has 4 aliphatic carbocycles. The minimum atomic E-state index is -1.49. The van der Waals surface area contributed by atoms with Gasteiger partial charge in [0.25, 0.3) is 0 Å². The highest BCUT2D eigenvalue weighted by molar-refractivity contribution is 6.81. The van der Waals surface area contributed by atoms with Crippen LogP contribution in [0.15, 0.2) is 0 Å². The summed E-state index contributed by atoms with van der Waals surface area (Å²) in [7, 11) is -1.49. The third-order valence-corrected chi connectivity index (χ3v) is 15.2. The largest absolute Gasteiger partial charge is 0.379 e. The summed E-state index contributed by atoms with van der Waals surface area (Å²) in [5.41, 5.74) is 2.11. The lowest BCUT2D eigenvalue weighted by Gasteiger charge is -2.48. The Bertz CT molecular complexity index is 525. The highest BCUT2D eigenvalue weighted by atomic mass is 28.3. The van der Waals surface area contributed by atoms with Crippen molar-refractivity contribution < 1.29 is 4.74 Å². The number of fused-ring (bicyclic) bond motifs is 2. The zero-order valence-electron chi connectivity index (χ0n) is 21.6. The molecule has 0 aromatic carbocycles. The summed E-state index contributed by atoms with van der Waals surface area (Å²) in [6.07, 6.45) is 19.2. The first-order valence-corrected chi connectivity index (χ1v) is 16.7. The van der Waals surface area contributed by atoms with Crippen LogP contribution in [0.4, 0.5) is 0 Å². The van der Waals surface area contributed by atoms with Gasteiger partial charge < -0.3 is 4.74 Å². The average molecular weight is 435 g/mol. The molecular weight excluding hydrogens is 380 g/mol. The summed E-state index contributed by atoms with van der Waals surface area (Å²) in [6, 6.07) is 0. The van der Waals surface area contributed by atoms with Crippen LogP contribution in [0.2, 0.25) is 17.6 Å². The molecule has 0 heterocycles. The van der Waals surface area contributed by atoms with Crippen LogP contribution in [-0.2, 0) is 4.74 Å². The first kappa shape index (κ1) is 24.8. The van der Waals surface area contributed by atoms with E-state index in [1.165, 1.54) is 51.4 Å². The van der Waals surface area contributed by atoms with Crippen molar-refractivity contribution >= 4 is 8.07 Å². The smallest absolute Gasteiger partial charge is 0.0876 e. The van der Waals surface area contributed by atoms with Gasteiger partial charge in [0.1, 0.15) is 0 Å². The second kappa shape index (κ2) is 10.4. The number of hydrogen-bond donors (Lipinski definition) is 0. The molecule has 0 N–H and O–H groups in total. The molecule has 0 aromatic rings. The Morgan fingerprint density at radius 2 is 1.37 bits per heavy atom. The predicted molar refractivity (Wildman–Crippen MR) is 135 cm³/mol. The molecule has 0 radical (unpaired) electrons. The van der Waals surface area contributed by atoms with E-state index in [4.69, 9.17) is 4.74 Å². The van der Waals surface area contributed by atoms with Gasteiger partial charge in [0.15, 0.2) is 0 Å². The van der Waals surface area contributed by atoms with Crippen molar-refractivity contribution in [3.8, 4) is 0 Å². The first-order chi connectivity index (χ1) is 14.2. The van der Waals surface area contributed by atoms with Crippen LogP contribution in [-0.4, -0.2) is 19.9 Å². The van der Waals surface area contributed by atoms with Crippen molar-refractivity contribution in [3.63, 3.8) is 0 Å². The fourth-order valence-corrected chi connectivity index (χ4v) is 15.3. The molecule has 1 nitrogen and oxygen atoms in total. The number of ether oxygens (including phenoxy) is 1. The second-order valence-corrected chi connectivity index (χ2v) is 17.7. The van der Waals surface area contributed by atoms with Gasteiger partial charge in [0, 0.05) is 6.23 Å². The molecule has 4 rings (SSSR count). The molecule has 8 unspecified atom stereocenters. The van der Waals surface area contributed by atoms with Gasteiger partial charge in [-0.3, -0.25) is 0 Å². The summed E-state index contributed by atoms with van der Waals surface area (Å²) in [6.45, 7) is 16.6. The molecule has 8 atom stereocenters. The Morgan fingerprint density at radius 3 is 2.00 bits per heavy atom. The fourth-order valence-electron chi connectivity index (χ4n) is 8.56. The van der Waals surface area contributed by atoms with Gasteiger partial charge in [-0.15, -0.1) is 0 Å². The van der Waals surface area contributed by atoms with Crippen molar-refractivity contribution in [1.82, 2.24) is 0 Å². The molecule has 30 heavy (non-hydrogen) atoms. The van der Waals surface area contributed by atoms with Gasteiger partial charge in [-0.2, -0.15) is 0 Å². The first-order valence-electron chi connectivity index (χ1n) is 13.8. The molecule has 0 saturated heterocycles. The molecular formula is C28H54OSi. The van der Waals surface area contributed by atoms with Crippen LogP contribution in [0.5, 0.6) is 0 Å². The minimum absolute atomic E-state index is 0.0205. The lowest BCUT2D eigenvalue weighted by molar-refractivity contribution is 0.0194. The molecule has 0 bridgehead atoms. The SMILES string of the molecule is CC1CC2CCCCC2C1[Si](C)(COC(C)(C)C)C1CCC2CCCCC21.CCC. The summed E-state index contributed by atoms with van der Waals surface area (Å²) in [5, 5.41) is 0. The van der Waals surface area contributed by atoms with E-state index >= 15 is 0 Å². The highest BCUT2D eigenvalue weighted by Gasteiger charge is 2.58. The Balaban J connectivity index is 0.000000806. The standard InChI is InChI=1S/C25H46OSi.C3H8/c1-18-16-20-11-7-9-13-22(20)24(18)27(5,17-26-25(2,3)4)23-15-14-19-10-6-8-12-21(19)23;1-3-2/h18-24H,6-17H2,1-5H3;3H2,1-2H3. The van der Waals surface area contributed by atoms with Crippen LogP contribution in [0.25, 0.3) is 0 Å². The summed E-state index contributed by atoms with van der Waals surface area (Å²) >= 11 is 0. The van der Waals surface area contributed by atoms with Crippen molar-refractivity contribution in [3.05, 3.63) is 0 Å². The van der Waals surface area contributed by atoms with Gasteiger partial charge in [-0.05, 0) is 67.9 Å². The summed E-state index contributed by atoms with van der Waals surface area (Å²) in [5.74, 6) is 5.21. The Morgan fingerprint density at radius 1 is 0.800 bits per heavy atom. The molecule has 176 valence electrons. The number of rotatable bonds is 4. The molecule has 0 aromatic heterocycles. The van der Waals surface area contributed by atoms with E-state index in [-0.39, 0.29) is 5.60 Å². The second-order valence-electron chi connectivity index (χ2n) is 13.0. The van der Waals surface area contributed by atoms with Crippen molar-refractivity contribution in [2.45, 2.75) is 142 Å². The maximum Gasteiger partial charge on any atom is 0.0876 e. The molecule has 0 amide bonds. The van der Waals surface area contributed by atoms with Crippen molar-refractivity contribution in [1.29, 1.82) is 0 Å². The third-order valence-electron chi connectivity index (χ3n) is 9.47. The van der Waals surface area contributed by atoms with E-state index in [1.807, 2.05) is 0 Å². The van der Waals surface area contributed by atoms with E-state index < -0.39 is 8.07 Å². The Hall–Kier alpha value is 0.177. The topological polar surface area (TPSA) is 9.23 Å². The normalized spacial score (nSPS) is 40.7. The highest BCUT2D eigenvalue weighted by Crippen LogP contribution is 2.63. The number of hydrogen-bond acceptors (Lipinski definition) is 1. The van der Waals surface area contributed by atoms with Crippen molar-refractivity contribution in [2.75, 3.05) is 6.23 Å². The van der Waals surface area contributed by atoms with Gasteiger partial charge in [0.05, 0.1) is 13.7 Å². The fraction of sp³-hybridized carbons (Fsp3) is 1.00. The maximum absolute atomic E-state index is 6.69. The van der Waals surface area contributed by atoms with Gasteiger partial charge in [0.2, 0.25) is 0 Å². The van der Waals surface area contributed by atoms with E-state index in [9.17, 15) is 0 Å². The van der Waals surface area contributed by atoms with Crippen LogP contribution in [0, 0.1) is 29.6 Å². The van der Waals surface area contributed by atoms with E-state index in [2.05, 4.69) is 48.1 Å². The van der Waals surface area contributed by atoms with Gasteiger partial charge in [-0.1, -0.05) is 97.9 Å². The quantitative estimate of drug-likeness (QED) is 0.401. The lowest BCUT2D eigenvalue weighted by Crippen LogP contribution is -2.53. The third kappa shape index (κ3) is 5.38. The molecule has 4 saturated carbocycles. The van der Waals surface area contributed by atoms with E-state index in [0.717, 1.165) is 46.9 Å². The minimum Gasteiger partial charge on any atom is -0.379 e. The zero-order chi connectivity index (χ0) is 21.9. The van der Waals surface area contributed by atoms with Crippen LogP contribution in [0.3, 0.4) is 0 Å². The zero-order valence-corrected chi connectivity index (χ0v) is 22.6.